The Morgan fingerprint density at radius 2 is 1.26 bits per heavy atom. The van der Waals surface area contributed by atoms with Crippen molar-refractivity contribution in [2.45, 2.75) is 65.6 Å². The minimum Gasteiger partial charge on any atom is -0.394 e. The second-order valence-electron chi connectivity index (χ2n) is 7.32. The van der Waals surface area contributed by atoms with E-state index in [2.05, 4.69) is 39.5 Å². The maximum absolute atomic E-state index is 9.04. The van der Waals surface area contributed by atoms with Crippen LogP contribution >= 0.6 is 0 Å². The largest absolute Gasteiger partial charge is 0.394 e. The van der Waals surface area contributed by atoms with Crippen LogP contribution in [0.15, 0.2) is 0 Å². The van der Waals surface area contributed by atoms with Gasteiger partial charge in [0.25, 0.3) is 0 Å². The van der Waals surface area contributed by atoms with Crippen LogP contribution in [0.2, 0.25) is 0 Å². The van der Waals surface area contributed by atoms with Gasteiger partial charge in [-0.25, -0.2) is 0 Å². The van der Waals surface area contributed by atoms with Crippen molar-refractivity contribution in [1.29, 1.82) is 0 Å². The molecule has 0 aromatic heterocycles. The first-order valence-corrected chi connectivity index (χ1v) is 8.58. The van der Waals surface area contributed by atoms with Gasteiger partial charge in [0.05, 0.1) is 26.4 Å². The van der Waals surface area contributed by atoms with Crippen LogP contribution < -0.4 is 0 Å². The van der Waals surface area contributed by atoms with Gasteiger partial charge in [0.15, 0.2) is 0 Å². The van der Waals surface area contributed by atoms with Crippen molar-refractivity contribution in [2.75, 3.05) is 33.5 Å². The van der Waals surface area contributed by atoms with Gasteiger partial charge in [-0.1, -0.05) is 39.5 Å². The second-order valence-corrected chi connectivity index (χ2v) is 7.32. The number of rotatable bonds is 11. The van der Waals surface area contributed by atoms with Crippen LogP contribution in [0.4, 0.5) is 0 Å². The Labute approximate surface area is 142 Å². The average molecular weight is 328 g/mol. The molecule has 0 aliphatic heterocycles. The lowest BCUT2D eigenvalue weighted by Gasteiger charge is -2.29. The Hall–Kier alpha value is -0.600. The summed E-state index contributed by atoms with van der Waals surface area (Å²) in [5, 5.41) is 9.04. The van der Waals surface area contributed by atoms with Gasteiger partial charge in [-0.05, 0) is 38.5 Å². The molecule has 0 bridgehead atoms. The van der Waals surface area contributed by atoms with E-state index in [1.165, 1.54) is 0 Å². The van der Waals surface area contributed by atoms with Gasteiger partial charge in [0.1, 0.15) is 11.2 Å². The van der Waals surface area contributed by atoms with E-state index in [-0.39, 0.29) is 6.61 Å². The topological polar surface area (TPSA) is 47.9 Å². The molecule has 0 aliphatic rings. The smallest absolute Gasteiger partial charge is 0.126 e. The summed E-state index contributed by atoms with van der Waals surface area (Å²) < 4.78 is 16.9. The molecule has 0 rings (SSSR count). The first kappa shape index (κ1) is 22.4. The molecule has 23 heavy (non-hydrogen) atoms. The summed E-state index contributed by atoms with van der Waals surface area (Å²) >= 11 is 0. The van der Waals surface area contributed by atoms with Gasteiger partial charge in [-0.3, -0.25) is 0 Å². The SMILES string of the molecule is COCCOC(C)(C#CC(C)(CC(C)C)OCCO)CC(C)C. The zero-order valence-electron chi connectivity index (χ0n) is 16.1. The quantitative estimate of drug-likeness (QED) is 0.467. The van der Waals surface area contributed by atoms with Gasteiger partial charge >= 0.3 is 0 Å². The predicted octanol–water partition coefficient (Wildman–Crippen LogP) is 3.27. The minimum atomic E-state index is -0.570. The van der Waals surface area contributed by atoms with E-state index < -0.39 is 11.2 Å². The molecule has 0 fully saturated rings. The molecule has 0 aromatic carbocycles. The third-order valence-corrected chi connectivity index (χ3v) is 3.41. The van der Waals surface area contributed by atoms with Crippen molar-refractivity contribution in [3.05, 3.63) is 0 Å². The summed E-state index contributed by atoms with van der Waals surface area (Å²) in [5.41, 5.74) is -1.09. The molecular formula is C19H36O4. The van der Waals surface area contributed by atoms with Gasteiger partial charge < -0.3 is 19.3 Å². The maximum atomic E-state index is 9.04. The fourth-order valence-corrected chi connectivity index (χ4v) is 2.74. The van der Waals surface area contributed by atoms with Crippen molar-refractivity contribution in [2.24, 2.45) is 11.8 Å². The summed E-state index contributed by atoms with van der Waals surface area (Å²) in [6.07, 6.45) is 1.66. The van der Waals surface area contributed by atoms with Crippen molar-refractivity contribution in [1.82, 2.24) is 0 Å². The number of methoxy groups -OCH3 is 1. The molecule has 0 radical (unpaired) electrons. The number of hydrogen-bond acceptors (Lipinski definition) is 4. The second kappa shape index (κ2) is 11.0. The van der Waals surface area contributed by atoms with E-state index >= 15 is 0 Å². The summed E-state index contributed by atoms with van der Waals surface area (Å²) in [6, 6.07) is 0. The first-order chi connectivity index (χ1) is 10.7. The summed E-state index contributed by atoms with van der Waals surface area (Å²) in [5.74, 6) is 7.53. The van der Waals surface area contributed by atoms with Crippen molar-refractivity contribution in [3.8, 4) is 11.8 Å². The van der Waals surface area contributed by atoms with Crippen LogP contribution in [0.3, 0.4) is 0 Å². The first-order valence-electron chi connectivity index (χ1n) is 8.58. The molecule has 136 valence electrons. The fraction of sp³-hybridized carbons (Fsp3) is 0.895. The van der Waals surface area contributed by atoms with E-state index in [1.54, 1.807) is 7.11 Å². The fourth-order valence-electron chi connectivity index (χ4n) is 2.74. The number of ether oxygens (including phenoxy) is 3. The Kier molecular flexibility index (Phi) is 10.8. The van der Waals surface area contributed by atoms with Crippen LogP contribution in [0.5, 0.6) is 0 Å². The van der Waals surface area contributed by atoms with E-state index in [9.17, 15) is 0 Å². The molecule has 0 spiro atoms. The highest BCUT2D eigenvalue weighted by Gasteiger charge is 2.28. The Bertz CT molecular complexity index is 369. The van der Waals surface area contributed by atoms with Crippen LogP contribution in [0, 0.1) is 23.7 Å². The Morgan fingerprint density at radius 3 is 1.61 bits per heavy atom. The molecule has 0 amide bonds. The van der Waals surface area contributed by atoms with E-state index in [0.29, 0.717) is 31.7 Å². The third-order valence-electron chi connectivity index (χ3n) is 3.41. The minimum absolute atomic E-state index is 0.00294. The standard InChI is InChI=1S/C19H36O4/c1-16(2)14-18(5,22-11-10-20)8-9-19(6,15-17(3)4)23-13-12-21-7/h16-17,20H,10-15H2,1-7H3. The van der Waals surface area contributed by atoms with Gasteiger partial charge in [0, 0.05) is 7.11 Å². The van der Waals surface area contributed by atoms with Gasteiger partial charge in [0.2, 0.25) is 0 Å². The van der Waals surface area contributed by atoms with Gasteiger partial charge in [-0.15, -0.1) is 0 Å². The van der Waals surface area contributed by atoms with E-state index in [4.69, 9.17) is 19.3 Å². The van der Waals surface area contributed by atoms with Gasteiger partial charge in [-0.2, -0.15) is 0 Å². The van der Waals surface area contributed by atoms with Crippen molar-refractivity contribution >= 4 is 0 Å². The summed E-state index contributed by atoms with van der Waals surface area (Å²) in [6.45, 7) is 14.0. The molecule has 0 saturated carbocycles. The zero-order valence-corrected chi connectivity index (χ0v) is 16.1. The van der Waals surface area contributed by atoms with Crippen LogP contribution in [-0.2, 0) is 14.2 Å². The maximum Gasteiger partial charge on any atom is 0.126 e. The lowest BCUT2D eigenvalue weighted by Crippen LogP contribution is -2.34. The Morgan fingerprint density at radius 1 is 0.826 bits per heavy atom. The van der Waals surface area contributed by atoms with E-state index in [0.717, 1.165) is 12.8 Å². The lowest BCUT2D eigenvalue weighted by molar-refractivity contribution is -0.0296. The molecular weight excluding hydrogens is 292 g/mol. The van der Waals surface area contributed by atoms with Crippen molar-refractivity contribution in [3.63, 3.8) is 0 Å². The summed E-state index contributed by atoms with van der Waals surface area (Å²) in [4.78, 5) is 0. The van der Waals surface area contributed by atoms with Crippen LogP contribution in [0.25, 0.3) is 0 Å². The molecule has 0 heterocycles. The lowest BCUT2D eigenvalue weighted by atomic mass is 9.90. The summed E-state index contributed by atoms with van der Waals surface area (Å²) in [7, 11) is 1.66. The predicted molar refractivity (Wildman–Crippen MR) is 94.4 cm³/mol. The van der Waals surface area contributed by atoms with Crippen LogP contribution in [0.1, 0.15) is 54.4 Å². The monoisotopic (exact) mass is 328 g/mol. The normalized spacial score (nSPS) is 16.8. The number of aliphatic hydroxyl groups is 1. The highest BCUT2D eigenvalue weighted by atomic mass is 16.5. The average Bonchev–Trinajstić information content (AvgIpc) is 2.42. The molecule has 2 unspecified atom stereocenters. The molecule has 0 saturated heterocycles. The molecule has 0 aromatic rings. The molecule has 4 heteroatoms. The number of hydrogen-bond donors (Lipinski definition) is 1. The van der Waals surface area contributed by atoms with Crippen LogP contribution in [-0.4, -0.2) is 49.8 Å². The number of aliphatic hydroxyl groups excluding tert-OH is 1. The Balaban J connectivity index is 5.19. The molecule has 0 aliphatic carbocycles. The van der Waals surface area contributed by atoms with E-state index in [1.807, 2.05) is 13.8 Å². The highest BCUT2D eigenvalue weighted by molar-refractivity contribution is 5.20. The molecule has 4 nitrogen and oxygen atoms in total. The third kappa shape index (κ3) is 10.7. The molecule has 2 atom stereocenters. The highest BCUT2D eigenvalue weighted by Crippen LogP contribution is 2.24. The molecule has 1 N–H and O–H groups in total. The van der Waals surface area contributed by atoms with Crippen molar-refractivity contribution < 1.29 is 19.3 Å². The zero-order chi connectivity index (χ0) is 17.9.